The molecule has 2 nitrogen and oxygen atoms in total. The second-order valence-electron chi connectivity index (χ2n) is 4.23. The Morgan fingerprint density at radius 3 is 2.67 bits per heavy atom. The molecule has 2 rings (SSSR count). The standard InChI is InChI=1S/C12H15IO2/c1-2-6-9-10(13)12(15-11(9)14)7-4-3-5-8-12/h2H,1,3-8H2. The van der Waals surface area contributed by atoms with Crippen LogP contribution in [0.3, 0.4) is 0 Å². The minimum Gasteiger partial charge on any atom is -0.450 e. The molecule has 2 aliphatic rings. The zero-order valence-corrected chi connectivity index (χ0v) is 10.9. The topological polar surface area (TPSA) is 26.3 Å². The molecule has 0 aromatic rings. The predicted molar refractivity (Wildman–Crippen MR) is 67.8 cm³/mol. The molecular weight excluding hydrogens is 303 g/mol. The number of allylic oxidation sites excluding steroid dienone is 1. The highest BCUT2D eigenvalue weighted by atomic mass is 127. The van der Waals surface area contributed by atoms with Crippen molar-refractivity contribution in [2.75, 3.05) is 0 Å². The molecular formula is C12H15IO2. The highest BCUT2D eigenvalue weighted by Crippen LogP contribution is 2.47. The summed E-state index contributed by atoms with van der Waals surface area (Å²) in [4.78, 5) is 11.7. The Morgan fingerprint density at radius 2 is 2.07 bits per heavy atom. The molecule has 0 N–H and O–H groups in total. The molecule has 1 saturated carbocycles. The molecule has 82 valence electrons. The van der Waals surface area contributed by atoms with Crippen LogP contribution in [0.15, 0.2) is 21.8 Å². The Bertz CT molecular complexity index is 325. The lowest BCUT2D eigenvalue weighted by molar-refractivity contribution is -0.148. The number of hydrogen-bond donors (Lipinski definition) is 0. The zero-order valence-electron chi connectivity index (χ0n) is 8.72. The van der Waals surface area contributed by atoms with E-state index in [0.717, 1.165) is 22.0 Å². The van der Waals surface area contributed by atoms with Crippen LogP contribution in [0.5, 0.6) is 0 Å². The van der Waals surface area contributed by atoms with Crippen molar-refractivity contribution in [1.82, 2.24) is 0 Å². The first kappa shape index (κ1) is 11.2. The molecule has 0 atom stereocenters. The molecule has 0 bridgehead atoms. The van der Waals surface area contributed by atoms with Gasteiger partial charge < -0.3 is 4.74 Å². The fourth-order valence-corrected chi connectivity index (χ4v) is 3.50. The molecule has 15 heavy (non-hydrogen) atoms. The summed E-state index contributed by atoms with van der Waals surface area (Å²) in [5.74, 6) is -0.124. The van der Waals surface area contributed by atoms with Crippen molar-refractivity contribution in [3.8, 4) is 0 Å². The number of carbonyl (C=O) groups excluding carboxylic acids is 1. The molecule has 3 heteroatoms. The lowest BCUT2D eigenvalue weighted by Crippen LogP contribution is -2.32. The van der Waals surface area contributed by atoms with Gasteiger partial charge in [-0.2, -0.15) is 0 Å². The molecule has 0 saturated heterocycles. The minimum absolute atomic E-state index is 0.124. The van der Waals surface area contributed by atoms with E-state index in [1.807, 2.05) is 0 Å². The van der Waals surface area contributed by atoms with Crippen molar-refractivity contribution in [2.24, 2.45) is 0 Å². The van der Waals surface area contributed by atoms with E-state index < -0.39 is 0 Å². The third-order valence-corrected chi connectivity index (χ3v) is 4.84. The van der Waals surface area contributed by atoms with Crippen LogP contribution < -0.4 is 0 Å². The Balaban J connectivity index is 2.29. The van der Waals surface area contributed by atoms with E-state index in [2.05, 4.69) is 29.2 Å². The Morgan fingerprint density at radius 1 is 1.40 bits per heavy atom. The minimum atomic E-state index is -0.256. The van der Waals surface area contributed by atoms with Crippen molar-refractivity contribution in [3.63, 3.8) is 0 Å². The van der Waals surface area contributed by atoms with Crippen molar-refractivity contribution in [1.29, 1.82) is 0 Å². The third-order valence-electron chi connectivity index (χ3n) is 3.21. The van der Waals surface area contributed by atoms with Gasteiger partial charge in [0, 0.05) is 3.58 Å². The summed E-state index contributed by atoms with van der Waals surface area (Å²) in [5, 5.41) is 0. The molecule has 1 heterocycles. The quantitative estimate of drug-likeness (QED) is 0.442. The summed E-state index contributed by atoms with van der Waals surface area (Å²) in [7, 11) is 0. The van der Waals surface area contributed by atoms with Gasteiger partial charge in [-0.05, 0) is 54.7 Å². The molecule has 1 aliphatic carbocycles. The zero-order chi connectivity index (χ0) is 10.9. The van der Waals surface area contributed by atoms with Gasteiger partial charge in [-0.3, -0.25) is 0 Å². The number of ether oxygens (including phenoxy) is 1. The van der Waals surface area contributed by atoms with E-state index in [1.165, 1.54) is 19.3 Å². The van der Waals surface area contributed by atoms with E-state index in [-0.39, 0.29) is 11.6 Å². The van der Waals surface area contributed by atoms with Crippen LogP contribution in [0, 0.1) is 0 Å². The van der Waals surface area contributed by atoms with Gasteiger partial charge in [-0.25, -0.2) is 4.79 Å². The first-order valence-corrected chi connectivity index (χ1v) is 6.51. The second kappa shape index (κ2) is 4.28. The number of halogens is 1. The average molecular weight is 318 g/mol. The molecule has 1 spiro atoms. The van der Waals surface area contributed by atoms with E-state index >= 15 is 0 Å². The highest BCUT2D eigenvalue weighted by Gasteiger charge is 2.46. The Kier molecular flexibility index (Phi) is 3.19. The Labute approximate surface area is 104 Å². The van der Waals surface area contributed by atoms with E-state index in [9.17, 15) is 4.79 Å². The summed E-state index contributed by atoms with van der Waals surface area (Å²) in [6.45, 7) is 3.68. The summed E-state index contributed by atoms with van der Waals surface area (Å²) in [6, 6.07) is 0. The van der Waals surface area contributed by atoms with Gasteiger partial charge in [0.25, 0.3) is 0 Å². The maximum absolute atomic E-state index is 11.7. The van der Waals surface area contributed by atoms with Crippen molar-refractivity contribution >= 4 is 28.6 Å². The number of hydrogen-bond acceptors (Lipinski definition) is 2. The fourth-order valence-electron chi connectivity index (χ4n) is 2.41. The van der Waals surface area contributed by atoms with E-state index in [4.69, 9.17) is 4.74 Å². The van der Waals surface area contributed by atoms with Gasteiger partial charge in [-0.1, -0.05) is 12.5 Å². The first-order chi connectivity index (χ1) is 7.19. The molecule has 0 amide bonds. The maximum Gasteiger partial charge on any atom is 0.336 e. The van der Waals surface area contributed by atoms with Crippen LogP contribution in [-0.4, -0.2) is 11.6 Å². The lowest BCUT2D eigenvalue weighted by Gasteiger charge is -2.32. The van der Waals surface area contributed by atoms with Crippen LogP contribution in [0.2, 0.25) is 0 Å². The largest absolute Gasteiger partial charge is 0.450 e. The smallest absolute Gasteiger partial charge is 0.336 e. The first-order valence-electron chi connectivity index (χ1n) is 5.43. The van der Waals surface area contributed by atoms with Crippen molar-refractivity contribution in [2.45, 2.75) is 44.1 Å². The number of rotatable bonds is 2. The normalized spacial score (nSPS) is 24.5. The second-order valence-corrected chi connectivity index (χ2v) is 5.31. The van der Waals surface area contributed by atoms with E-state index in [0.29, 0.717) is 6.42 Å². The van der Waals surface area contributed by atoms with Crippen molar-refractivity contribution in [3.05, 3.63) is 21.8 Å². The van der Waals surface area contributed by atoms with Crippen molar-refractivity contribution < 1.29 is 9.53 Å². The van der Waals surface area contributed by atoms with Gasteiger partial charge in [0.1, 0.15) is 5.60 Å². The predicted octanol–water partition coefficient (Wildman–Crippen LogP) is 3.51. The van der Waals surface area contributed by atoms with Crippen LogP contribution in [0.1, 0.15) is 38.5 Å². The van der Waals surface area contributed by atoms with Crippen LogP contribution in [-0.2, 0) is 9.53 Å². The average Bonchev–Trinajstić information content (AvgIpc) is 2.45. The monoisotopic (exact) mass is 318 g/mol. The molecule has 1 fully saturated rings. The number of carbonyl (C=O) groups is 1. The molecule has 1 aliphatic heterocycles. The third kappa shape index (κ3) is 1.86. The Hall–Kier alpha value is -0.320. The lowest BCUT2D eigenvalue weighted by atomic mass is 9.84. The molecule has 0 aromatic heterocycles. The van der Waals surface area contributed by atoms with Crippen LogP contribution >= 0.6 is 22.6 Å². The molecule has 0 unspecified atom stereocenters. The summed E-state index contributed by atoms with van der Waals surface area (Å²) in [6.07, 6.45) is 8.01. The maximum atomic E-state index is 11.7. The van der Waals surface area contributed by atoms with Gasteiger partial charge >= 0.3 is 5.97 Å². The summed E-state index contributed by atoms with van der Waals surface area (Å²) in [5.41, 5.74) is 0.571. The fraction of sp³-hybridized carbons (Fsp3) is 0.583. The van der Waals surface area contributed by atoms with Crippen LogP contribution in [0.25, 0.3) is 0 Å². The molecule has 0 radical (unpaired) electrons. The van der Waals surface area contributed by atoms with Gasteiger partial charge in [0.05, 0.1) is 5.57 Å². The van der Waals surface area contributed by atoms with Gasteiger partial charge in [0.15, 0.2) is 0 Å². The van der Waals surface area contributed by atoms with Crippen LogP contribution in [0.4, 0.5) is 0 Å². The summed E-state index contributed by atoms with van der Waals surface area (Å²) >= 11 is 2.29. The highest BCUT2D eigenvalue weighted by molar-refractivity contribution is 14.1. The van der Waals surface area contributed by atoms with E-state index in [1.54, 1.807) is 6.08 Å². The number of esters is 1. The van der Waals surface area contributed by atoms with Gasteiger partial charge in [-0.15, -0.1) is 6.58 Å². The SMILES string of the molecule is C=CCC1=C(I)C2(CCCCC2)OC1=O. The molecule has 0 aromatic carbocycles. The summed E-state index contributed by atoms with van der Waals surface area (Å²) < 4.78 is 6.73. The van der Waals surface area contributed by atoms with Gasteiger partial charge in [0.2, 0.25) is 0 Å².